The minimum Gasteiger partial charge on any atom is -0.503 e. The molecule has 0 radical (unpaired) electrons. The van der Waals surface area contributed by atoms with E-state index in [1.807, 2.05) is 7.05 Å². The van der Waals surface area contributed by atoms with Crippen LogP contribution in [0.3, 0.4) is 0 Å². The van der Waals surface area contributed by atoms with Crippen LogP contribution in [0.4, 0.5) is 5.13 Å². The highest BCUT2D eigenvalue weighted by Crippen LogP contribution is 2.43. The molecule has 0 bridgehead atoms. The van der Waals surface area contributed by atoms with Crippen LogP contribution in [0.15, 0.2) is 38.9 Å². The van der Waals surface area contributed by atoms with Crippen molar-refractivity contribution in [3.05, 3.63) is 50.5 Å². The summed E-state index contributed by atoms with van der Waals surface area (Å²) in [4.78, 5) is 90.5. The van der Waals surface area contributed by atoms with Gasteiger partial charge in [0.05, 0.1) is 20.1 Å². The molecule has 4 aliphatic rings. The number of thiazole rings is 1. The summed E-state index contributed by atoms with van der Waals surface area (Å²) in [5, 5.41) is 36.3. The SMILES string of the molecule is CC(C)(O/N=C(\C(=O)N[C@@H]1C(=O)N2C(C(=O)O)=C(C[N+]3(C)C[C@H]4CN(C(=O)c5cc(=O)c(O)c[nH]5)C[C@H]4C3)CS[C@H]12)c1csc(N)n1)C(=O)O. The quantitative estimate of drug-likeness (QED) is 0.0765. The minimum absolute atomic E-state index is 0.00892. The normalized spacial score (nSPS) is 26.3. The van der Waals surface area contributed by atoms with E-state index < -0.39 is 57.7 Å². The number of aliphatic carboxylic acids is 2. The molecule has 7 N–H and O–H groups in total. The summed E-state index contributed by atoms with van der Waals surface area (Å²) in [6.45, 7) is 5.11. The molecule has 2 aromatic rings. The summed E-state index contributed by atoms with van der Waals surface area (Å²) in [5.41, 5.74) is 3.45. The number of carbonyl (C=O) groups is 5. The van der Waals surface area contributed by atoms with Crippen LogP contribution in [0.1, 0.15) is 30.0 Å². The number of aromatic hydroxyl groups is 1. The minimum atomic E-state index is -1.79. The van der Waals surface area contributed by atoms with Gasteiger partial charge in [-0.2, -0.15) is 0 Å². The lowest BCUT2D eigenvalue weighted by molar-refractivity contribution is -0.896. The van der Waals surface area contributed by atoms with E-state index in [0.29, 0.717) is 48.5 Å². The number of hydrogen-bond acceptors (Lipinski definition) is 13. The zero-order valence-corrected chi connectivity index (χ0v) is 28.7. The van der Waals surface area contributed by atoms with Crippen LogP contribution in [-0.4, -0.2) is 137 Å². The van der Waals surface area contributed by atoms with Crippen molar-refractivity contribution in [2.24, 2.45) is 17.0 Å². The highest BCUT2D eigenvalue weighted by atomic mass is 32.2. The summed E-state index contributed by atoms with van der Waals surface area (Å²) >= 11 is 2.33. The molecular formula is C30H35N8O10S2+. The summed E-state index contributed by atoms with van der Waals surface area (Å²) < 4.78 is 0.510. The Balaban J connectivity index is 1.13. The molecule has 50 heavy (non-hydrogen) atoms. The predicted molar refractivity (Wildman–Crippen MR) is 178 cm³/mol. The zero-order chi connectivity index (χ0) is 36.3. The number of amides is 3. The number of likely N-dealkylation sites (tertiary alicyclic amines) is 2. The number of thioether (sulfide) groups is 1. The molecule has 0 saturated carbocycles. The van der Waals surface area contributed by atoms with Crippen LogP contribution in [-0.2, 0) is 24.0 Å². The number of nitrogens with two attached hydrogens (primary N) is 1. The fourth-order valence-corrected chi connectivity index (χ4v) is 8.77. The van der Waals surface area contributed by atoms with Gasteiger partial charge in [0.25, 0.3) is 17.7 Å². The Bertz CT molecular complexity index is 1910. The number of hydrogen-bond donors (Lipinski definition) is 6. The van der Waals surface area contributed by atoms with Crippen molar-refractivity contribution in [2.75, 3.05) is 51.3 Å². The van der Waals surface area contributed by atoms with Gasteiger partial charge in [-0.05, 0) is 13.8 Å². The number of likely N-dealkylation sites (N-methyl/N-ethyl adjacent to an activating group) is 1. The van der Waals surface area contributed by atoms with Gasteiger partial charge in [-0.25, -0.2) is 14.6 Å². The lowest BCUT2D eigenvalue weighted by Gasteiger charge is -2.50. The van der Waals surface area contributed by atoms with Crippen molar-refractivity contribution in [1.82, 2.24) is 25.1 Å². The van der Waals surface area contributed by atoms with Gasteiger partial charge in [-0.15, -0.1) is 23.1 Å². The Morgan fingerprint density at radius 1 is 1.20 bits per heavy atom. The van der Waals surface area contributed by atoms with Crippen LogP contribution in [0.25, 0.3) is 0 Å². The van der Waals surface area contributed by atoms with Crippen LogP contribution < -0.4 is 16.5 Å². The van der Waals surface area contributed by atoms with E-state index in [0.717, 1.165) is 23.6 Å². The van der Waals surface area contributed by atoms with Gasteiger partial charge < -0.3 is 45.6 Å². The summed E-state index contributed by atoms with van der Waals surface area (Å²) in [6.07, 6.45) is 1.09. The first-order chi connectivity index (χ1) is 23.5. The first-order valence-electron chi connectivity index (χ1n) is 15.4. The van der Waals surface area contributed by atoms with E-state index in [-0.39, 0.29) is 40.0 Å². The van der Waals surface area contributed by atoms with Gasteiger partial charge in [0.2, 0.25) is 11.0 Å². The topological polar surface area (TPSA) is 258 Å². The third-order valence-electron chi connectivity index (χ3n) is 9.31. The molecule has 18 nitrogen and oxygen atoms in total. The van der Waals surface area contributed by atoms with Crippen molar-refractivity contribution in [2.45, 2.75) is 30.9 Å². The van der Waals surface area contributed by atoms with Gasteiger partial charge in [0, 0.05) is 53.9 Å². The second-order valence-electron chi connectivity index (χ2n) is 13.5. The number of quaternary nitrogens is 1. The molecule has 3 amide bonds. The van der Waals surface area contributed by atoms with Crippen molar-refractivity contribution >= 4 is 63.6 Å². The molecule has 1 unspecified atom stereocenters. The first kappa shape index (κ1) is 34.9. The number of pyridine rings is 1. The van der Waals surface area contributed by atoms with Crippen molar-refractivity contribution < 1.29 is 48.6 Å². The molecule has 20 heteroatoms. The molecule has 0 spiro atoms. The molecule has 4 aliphatic heterocycles. The van der Waals surface area contributed by atoms with E-state index in [9.17, 15) is 44.1 Å². The highest BCUT2D eigenvalue weighted by molar-refractivity contribution is 8.00. The molecule has 5 atom stereocenters. The van der Waals surface area contributed by atoms with Crippen LogP contribution >= 0.6 is 23.1 Å². The molecule has 6 rings (SSSR count). The number of nitrogen functional groups attached to an aromatic ring is 1. The Hall–Kier alpha value is -4.95. The summed E-state index contributed by atoms with van der Waals surface area (Å²) in [5.74, 6) is -4.33. The smallest absolute Gasteiger partial charge is 0.352 e. The Morgan fingerprint density at radius 3 is 2.46 bits per heavy atom. The number of carbonyl (C=O) groups excluding carboxylic acids is 3. The van der Waals surface area contributed by atoms with Crippen molar-refractivity contribution in [3.8, 4) is 5.75 Å². The standard InChI is InChI=1S/C30H34N8O10S2/c1-30(2,28(46)47)48-35-20(17-12-50-29(31)33-17)23(41)34-21-25(43)37-22(27(44)45)15(11-49-26(21)37)10-38(3)8-13-6-36(7-14(13)9-38)24(42)16-4-18(39)19(40)5-32-16/h4-5,12-14,21,26H,6-11H2,1-3H3,(H6-,31,32,33,34,35,39,40,41,42,44,45,46,47)/p+1/t13-,14+,21-,26-,38?/m1/s1. The monoisotopic (exact) mass is 731 g/mol. The fourth-order valence-electron chi connectivity index (χ4n) is 6.89. The summed E-state index contributed by atoms with van der Waals surface area (Å²) in [6, 6.07) is -0.0197. The average molecular weight is 732 g/mol. The molecular weight excluding hydrogens is 697 g/mol. The number of nitrogens with zero attached hydrogens (tertiary/aromatic N) is 5. The zero-order valence-electron chi connectivity index (χ0n) is 27.1. The maximum Gasteiger partial charge on any atom is 0.352 e. The van der Waals surface area contributed by atoms with E-state index in [2.05, 4.69) is 20.4 Å². The lowest BCUT2D eigenvalue weighted by Crippen LogP contribution is -2.71. The maximum atomic E-state index is 13.4. The highest BCUT2D eigenvalue weighted by Gasteiger charge is 2.56. The second-order valence-corrected chi connectivity index (χ2v) is 15.5. The number of anilines is 1. The maximum absolute atomic E-state index is 13.4. The molecule has 0 aromatic carbocycles. The van der Waals surface area contributed by atoms with Gasteiger partial charge in [0.15, 0.2) is 16.6 Å². The van der Waals surface area contributed by atoms with Gasteiger partial charge in [-0.3, -0.25) is 24.1 Å². The Kier molecular flexibility index (Phi) is 8.89. The predicted octanol–water partition coefficient (Wildman–Crippen LogP) is -0.710. The van der Waals surface area contributed by atoms with Crippen molar-refractivity contribution in [3.63, 3.8) is 0 Å². The number of rotatable bonds is 10. The second kappa shape index (κ2) is 12.7. The molecule has 3 fully saturated rings. The number of oxime groups is 1. The fraction of sp³-hybridized carbons (Fsp3) is 0.467. The van der Waals surface area contributed by atoms with Crippen LogP contribution in [0, 0.1) is 11.8 Å². The number of aromatic nitrogens is 2. The molecule has 6 heterocycles. The Labute approximate surface area is 292 Å². The largest absolute Gasteiger partial charge is 0.503 e. The van der Waals surface area contributed by atoms with Crippen LogP contribution in [0.5, 0.6) is 5.75 Å². The number of carboxylic acids is 2. The number of aromatic amines is 1. The van der Waals surface area contributed by atoms with E-state index in [4.69, 9.17) is 10.6 Å². The third-order valence-corrected chi connectivity index (χ3v) is 11.3. The molecule has 3 saturated heterocycles. The number of β-lactam (4-membered cyclic amide) rings is 1. The molecule has 2 aromatic heterocycles. The number of H-pyrrole nitrogens is 1. The van der Waals surface area contributed by atoms with Crippen LogP contribution in [0.2, 0.25) is 0 Å². The average Bonchev–Trinajstić information content (AvgIpc) is 3.73. The van der Waals surface area contributed by atoms with E-state index in [1.54, 1.807) is 4.90 Å². The molecule has 0 aliphatic carbocycles. The Morgan fingerprint density at radius 2 is 1.88 bits per heavy atom. The molecule has 266 valence electrons. The number of carboxylic acid groups (broad SMARTS) is 2. The van der Waals surface area contributed by atoms with E-state index >= 15 is 0 Å². The number of nitrogens with one attached hydrogen (secondary N) is 2. The lowest BCUT2D eigenvalue weighted by atomic mass is 10.0. The number of fused-ring (bicyclic) bond motifs is 2. The van der Waals surface area contributed by atoms with Gasteiger partial charge in [0.1, 0.15) is 35.0 Å². The summed E-state index contributed by atoms with van der Waals surface area (Å²) in [7, 11) is 2.02. The van der Waals surface area contributed by atoms with Gasteiger partial charge in [-0.1, -0.05) is 5.16 Å². The first-order valence-corrected chi connectivity index (χ1v) is 17.4. The third kappa shape index (κ3) is 6.40. The van der Waals surface area contributed by atoms with Crippen molar-refractivity contribution in [1.29, 1.82) is 0 Å². The van der Waals surface area contributed by atoms with E-state index in [1.165, 1.54) is 35.9 Å². The van der Waals surface area contributed by atoms with Gasteiger partial charge >= 0.3 is 11.9 Å².